The first-order valence-corrected chi connectivity index (χ1v) is 30.3. The van der Waals surface area contributed by atoms with E-state index in [0.717, 1.165) is 54.3 Å². The molecule has 0 heterocycles. The molecule has 0 radical (unpaired) electrons. The average Bonchev–Trinajstić information content (AvgIpc) is 1.06. The Labute approximate surface area is 550 Å². The lowest BCUT2D eigenvalue weighted by Crippen LogP contribution is -2.44. The molecule has 0 spiro atoms. The van der Waals surface area contributed by atoms with Crippen LogP contribution in [0, 0.1) is 119 Å². The number of rotatable bonds is 4. The van der Waals surface area contributed by atoms with Crippen LogP contribution in [0.3, 0.4) is 0 Å². The molecule has 4 aromatic rings. The van der Waals surface area contributed by atoms with Crippen molar-refractivity contribution in [2.75, 3.05) is 0 Å². The average molecular weight is 1130 g/mol. The highest BCUT2D eigenvalue weighted by molar-refractivity contribution is 5.23. The van der Waals surface area contributed by atoms with Crippen molar-refractivity contribution in [3.63, 3.8) is 0 Å². The van der Waals surface area contributed by atoms with Gasteiger partial charge in [0.1, 0.15) is 0 Å². The summed E-state index contributed by atoms with van der Waals surface area (Å²) < 4.78 is 271. The van der Waals surface area contributed by atoms with Gasteiger partial charge in [-0.1, -0.05) is 319 Å². The van der Waals surface area contributed by atoms with Crippen LogP contribution in [0.5, 0.6) is 0 Å². The van der Waals surface area contributed by atoms with E-state index in [1.54, 1.807) is 57.8 Å². The SMILES string of the molecule is CCC1C2CC3CC(C2)CC1C3.CCC1CC2CCC1C2.Cc1ccc(C)cc1.Cc1cccc(C)c1.Cc1ccccc1.Cc1ccccc1C.[2H]C1([2H])C(C)C([2H])([2H])C([2H])([2H])C([2H])([2H])C1([2H])[2H].[2H]C1([2H])C(C)C([2H])([2H])C([2H])([2H])C1([2H])[2H].[2H]C1([2H])C(CC)C([2H])([2H])C([2H])([2H])C([2H])([2H])C1([2H])[2H].[2H]C1([2H])C(CC)C([2H])([2H])C([2H])([2H])C1([2H])[2H]. The fourth-order valence-corrected chi connectivity index (χ4v) is 11.9. The Balaban J connectivity index is 0.000000275. The van der Waals surface area contributed by atoms with Gasteiger partial charge in [0.25, 0.3) is 0 Å². The van der Waals surface area contributed by atoms with E-state index in [2.05, 4.69) is 147 Å². The van der Waals surface area contributed by atoms with E-state index in [1.807, 2.05) is 18.2 Å². The Morgan fingerprint density at radius 1 is 0.338 bits per heavy atom. The monoisotopic (exact) mass is 1130 g/mol. The van der Waals surface area contributed by atoms with Crippen molar-refractivity contribution in [1.82, 2.24) is 0 Å². The Hall–Kier alpha value is -3.12. The maximum absolute atomic E-state index is 7.72. The molecule has 4 aromatic carbocycles. The Morgan fingerprint density at radius 3 is 1.01 bits per heavy atom. The third-order valence-electron chi connectivity index (χ3n) is 16.4. The summed E-state index contributed by atoms with van der Waals surface area (Å²) in [4.78, 5) is 0. The van der Waals surface area contributed by atoms with Crippen LogP contribution in [0.25, 0.3) is 0 Å². The van der Waals surface area contributed by atoms with Crippen molar-refractivity contribution in [2.45, 2.75) is 288 Å². The molecular formula is C80H130. The van der Waals surface area contributed by atoms with E-state index in [1.165, 1.54) is 72.6 Å². The van der Waals surface area contributed by atoms with Gasteiger partial charge < -0.3 is 0 Å². The Kier molecular flexibility index (Phi) is 16.9. The van der Waals surface area contributed by atoms with E-state index in [-0.39, 0.29) is 12.8 Å². The minimum absolute atomic E-state index is 0.0685. The number of fused-ring (bicyclic) bond motifs is 2. The van der Waals surface area contributed by atoms with Gasteiger partial charge in [-0.15, -0.1) is 0 Å². The largest absolute Gasteiger partial charge is 0.0651 e. The van der Waals surface area contributed by atoms with Crippen LogP contribution < -0.4 is 0 Å². The molecule has 3 unspecified atom stereocenters. The van der Waals surface area contributed by atoms with Gasteiger partial charge in [-0.3, -0.25) is 0 Å². The molecule has 0 amide bonds. The van der Waals surface area contributed by atoms with Gasteiger partial charge >= 0.3 is 0 Å². The molecule has 0 aliphatic heterocycles. The van der Waals surface area contributed by atoms with Crippen molar-refractivity contribution < 1.29 is 49.3 Å². The van der Waals surface area contributed by atoms with E-state index >= 15 is 0 Å². The minimum atomic E-state index is -3.27. The van der Waals surface area contributed by atoms with Gasteiger partial charge in [-0.2, -0.15) is 0 Å². The van der Waals surface area contributed by atoms with Crippen molar-refractivity contribution in [2.24, 2.45) is 71.0 Å². The molecule has 0 N–H and O–H groups in total. The van der Waals surface area contributed by atoms with Gasteiger partial charge in [0.2, 0.25) is 0 Å². The summed E-state index contributed by atoms with van der Waals surface area (Å²) in [7, 11) is 0. The normalized spacial score (nSPS) is 44.0. The van der Waals surface area contributed by atoms with Crippen LogP contribution in [-0.4, -0.2) is 0 Å². The molecule has 450 valence electrons. The summed E-state index contributed by atoms with van der Waals surface area (Å²) in [6, 6.07) is 35.5. The summed E-state index contributed by atoms with van der Waals surface area (Å²) in [6.07, 6.45) is -34.3. The van der Waals surface area contributed by atoms with Gasteiger partial charge in [-0.05, 0) is 182 Å². The zero-order chi connectivity index (χ0) is 90.2. The predicted octanol–water partition coefficient (Wildman–Crippen LogP) is 25.6. The fraction of sp³-hybridized carbons (Fsp3) is 0.700. The van der Waals surface area contributed by atoms with E-state index in [9.17, 15) is 0 Å². The van der Waals surface area contributed by atoms with E-state index < -0.39 is 138 Å². The standard InChI is InChI=1S/C12H20.C9H16.3C8H10.C8H16.C7H14.C7H8.C7H14.C6H12/c1-2-12-10-4-8-3-9(6-10)7-11(12)5-8;1-2-8-5-7-3-4-9(8)6-7;1-7-3-5-8(2)6-4-7;1-7-4-3-5-8(2)6-7;1-7-5-3-4-6-8(7)2;1-2-8-6-4-3-5-7-8;2*1-7-5-3-2-4-6-7;1-2-7-5-3-4-6-7;1-6-4-2-3-5-6/h8-12H,2-7H2,1H3;7-9H,2-6H2,1H3;3*3-6H,1-2H3;8H,2-7H2,1H3;7H,2-6H2,1H3;2-6H,1H3;7H,2-6H2,1H3;6H,2-5H2,1H3/i;;;;;3D2,4D2,5D2,6D2,7D2;2D2,3D2,4D2,5D2,6D2;;3D2,4D2,5D2,6D2;2D2,3D2,4D2,5D2. The Morgan fingerprint density at radius 2 is 0.713 bits per heavy atom. The summed E-state index contributed by atoms with van der Waals surface area (Å²) in [5, 5.41) is 0. The number of aryl methyl sites for hydroxylation is 7. The van der Waals surface area contributed by atoms with Gasteiger partial charge in [-0.25, -0.2) is 0 Å². The second kappa shape index (κ2) is 41.0. The van der Waals surface area contributed by atoms with Gasteiger partial charge in [0.05, 0.1) is 0 Å². The van der Waals surface area contributed by atoms with E-state index in [0.29, 0.717) is 0 Å². The molecule has 0 aromatic heterocycles. The van der Waals surface area contributed by atoms with Crippen LogP contribution in [0.1, 0.15) is 328 Å². The molecule has 80 heavy (non-hydrogen) atoms. The molecule has 10 aliphatic carbocycles. The smallest absolute Gasteiger partial charge is 0.0269 e. The number of benzene rings is 4. The van der Waals surface area contributed by atoms with E-state index in [4.69, 9.17) is 49.3 Å². The number of hydrogen-bond donors (Lipinski definition) is 0. The van der Waals surface area contributed by atoms with Crippen LogP contribution >= 0.6 is 0 Å². The van der Waals surface area contributed by atoms with Crippen molar-refractivity contribution in [1.29, 1.82) is 0 Å². The molecule has 0 heteroatoms. The van der Waals surface area contributed by atoms with Gasteiger partial charge in [0.15, 0.2) is 0 Å². The number of hydrogen-bond acceptors (Lipinski definition) is 0. The first-order chi connectivity index (χ1) is 52.2. The second-order valence-corrected chi connectivity index (χ2v) is 23.2. The van der Waals surface area contributed by atoms with Crippen molar-refractivity contribution >= 4 is 0 Å². The summed E-state index contributed by atoms with van der Waals surface area (Å²) >= 11 is 0. The van der Waals surface area contributed by atoms with Crippen LogP contribution in [0.15, 0.2) is 103 Å². The summed E-state index contributed by atoms with van der Waals surface area (Å²) in [5.74, 6) is 3.46. The summed E-state index contributed by atoms with van der Waals surface area (Å²) in [6.45, 7) is 24.7. The zero-order valence-corrected chi connectivity index (χ0v) is 51.4. The quantitative estimate of drug-likeness (QED) is 0.191. The second-order valence-electron chi connectivity index (χ2n) is 23.2. The minimum Gasteiger partial charge on any atom is -0.0651 e. The highest BCUT2D eigenvalue weighted by Gasteiger charge is 2.47. The molecule has 10 aliphatic rings. The highest BCUT2D eigenvalue weighted by Crippen LogP contribution is 2.57. The lowest BCUT2D eigenvalue weighted by atomic mass is 9.51. The Bertz CT molecular complexity index is 3550. The molecule has 10 fully saturated rings. The topological polar surface area (TPSA) is 0 Å². The third kappa shape index (κ3) is 28.9. The lowest BCUT2D eigenvalue weighted by molar-refractivity contribution is -0.0376. The van der Waals surface area contributed by atoms with Crippen molar-refractivity contribution in [3.05, 3.63) is 142 Å². The first-order valence-electron chi connectivity index (χ1n) is 48.3. The van der Waals surface area contributed by atoms with Gasteiger partial charge in [0, 0.05) is 49.3 Å². The van der Waals surface area contributed by atoms with Crippen LogP contribution in [0.4, 0.5) is 0 Å². The van der Waals surface area contributed by atoms with Crippen LogP contribution in [0.2, 0.25) is 0 Å². The van der Waals surface area contributed by atoms with Crippen LogP contribution in [-0.2, 0) is 0 Å². The zero-order valence-electron chi connectivity index (χ0n) is 87.4. The summed E-state index contributed by atoms with van der Waals surface area (Å²) in [5.41, 5.74) is 9.39. The third-order valence-corrected chi connectivity index (χ3v) is 16.4. The molecule has 6 bridgehead atoms. The maximum Gasteiger partial charge on any atom is 0.0269 e. The molecule has 0 saturated heterocycles. The predicted molar refractivity (Wildman–Crippen MR) is 358 cm³/mol. The highest BCUT2D eigenvalue weighted by atomic mass is 14.5. The molecule has 14 rings (SSSR count). The molecule has 0 nitrogen and oxygen atoms in total. The first kappa shape index (κ1) is 33.0. The molecule has 10 saturated carbocycles. The lowest BCUT2D eigenvalue weighted by Gasteiger charge is -2.54. The fourth-order valence-electron chi connectivity index (χ4n) is 11.9. The maximum atomic E-state index is 7.72. The molecular weight excluding hydrogens is 961 g/mol. The van der Waals surface area contributed by atoms with Crippen molar-refractivity contribution in [3.8, 4) is 0 Å². The molecule has 3 atom stereocenters.